The quantitative estimate of drug-likeness (QED) is 0.132. The zero-order chi connectivity index (χ0) is 23.0. The Balaban J connectivity index is 0.00000385. The van der Waals surface area contributed by atoms with Crippen molar-refractivity contribution in [3.05, 3.63) is 35.4 Å². The van der Waals surface area contributed by atoms with Gasteiger partial charge in [-0.1, -0.05) is 31.2 Å². The van der Waals surface area contributed by atoms with E-state index < -0.39 is 5.54 Å². The molecule has 1 unspecified atom stereocenters. The lowest BCUT2D eigenvalue weighted by molar-refractivity contribution is -0.130. The Morgan fingerprint density at radius 2 is 1.76 bits per heavy atom. The lowest BCUT2D eigenvalue weighted by Crippen LogP contribution is -2.43. The topological polar surface area (TPSA) is 89.1 Å². The molecule has 1 aromatic rings. The van der Waals surface area contributed by atoms with Crippen molar-refractivity contribution in [2.24, 2.45) is 4.99 Å². The van der Waals surface area contributed by atoms with E-state index in [1.807, 2.05) is 13.8 Å². The van der Waals surface area contributed by atoms with E-state index in [1.165, 1.54) is 42.0 Å². The third-order valence-electron chi connectivity index (χ3n) is 6.30. The smallest absolute Gasteiger partial charge is 0.325 e. The SMILES string of the molecule is CCNC(=NCc1ccc(CN2CCCC2)cc1)NCCCN1C(=O)NC(C)(CC)C1=O.I. The van der Waals surface area contributed by atoms with Crippen LogP contribution >= 0.6 is 24.0 Å². The first kappa shape index (κ1) is 27.4. The summed E-state index contributed by atoms with van der Waals surface area (Å²) in [4.78, 5) is 33.1. The van der Waals surface area contributed by atoms with Crippen molar-refractivity contribution in [1.82, 2.24) is 25.8 Å². The average Bonchev–Trinajstić information content (AvgIpc) is 3.37. The minimum absolute atomic E-state index is 0. The number of guanidine groups is 1. The normalized spacial score (nSPS) is 21.2. The second-order valence-electron chi connectivity index (χ2n) is 8.85. The number of nitrogens with zero attached hydrogens (tertiary/aromatic N) is 3. The van der Waals surface area contributed by atoms with Gasteiger partial charge in [-0.2, -0.15) is 0 Å². The highest BCUT2D eigenvalue weighted by Crippen LogP contribution is 2.20. The molecule has 3 amide bonds. The zero-order valence-electron chi connectivity index (χ0n) is 20.2. The number of carbonyl (C=O) groups is 2. The van der Waals surface area contributed by atoms with E-state index >= 15 is 0 Å². The number of rotatable bonds is 10. The second kappa shape index (κ2) is 13.1. The van der Waals surface area contributed by atoms with Crippen molar-refractivity contribution >= 4 is 41.9 Å². The number of nitrogens with one attached hydrogen (secondary N) is 3. The Morgan fingerprint density at radius 1 is 1.09 bits per heavy atom. The third kappa shape index (κ3) is 7.56. The Kier molecular flexibility index (Phi) is 10.9. The number of amides is 3. The molecule has 1 atom stereocenters. The van der Waals surface area contributed by atoms with E-state index in [2.05, 4.69) is 50.1 Å². The number of aliphatic imine (C=N–C) groups is 1. The van der Waals surface area contributed by atoms with Gasteiger partial charge in [-0.05, 0) is 63.7 Å². The van der Waals surface area contributed by atoms with Gasteiger partial charge >= 0.3 is 6.03 Å². The number of hydrogen-bond acceptors (Lipinski definition) is 4. The number of hydrogen-bond donors (Lipinski definition) is 3. The molecule has 1 aromatic carbocycles. The molecule has 184 valence electrons. The number of likely N-dealkylation sites (tertiary alicyclic amines) is 1. The first-order chi connectivity index (χ1) is 15.4. The van der Waals surface area contributed by atoms with Gasteiger partial charge < -0.3 is 16.0 Å². The lowest BCUT2D eigenvalue weighted by Gasteiger charge is -2.19. The fourth-order valence-electron chi connectivity index (χ4n) is 4.09. The van der Waals surface area contributed by atoms with Gasteiger partial charge in [-0.25, -0.2) is 9.79 Å². The van der Waals surface area contributed by atoms with Gasteiger partial charge in [0.15, 0.2) is 5.96 Å². The van der Waals surface area contributed by atoms with Crippen molar-refractivity contribution in [3.63, 3.8) is 0 Å². The van der Waals surface area contributed by atoms with Crippen LogP contribution in [0.3, 0.4) is 0 Å². The summed E-state index contributed by atoms with van der Waals surface area (Å²) in [6.45, 7) is 11.5. The Bertz CT molecular complexity index is 810. The van der Waals surface area contributed by atoms with Crippen LogP contribution in [0, 0.1) is 0 Å². The Hall–Kier alpha value is -1.88. The summed E-state index contributed by atoms with van der Waals surface area (Å²) < 4.78 is 0. The van der Waals surface area contributed by atoms with Gasteiger partial charge in [-0.3, -0.25) is 14.6 Å². The summed E-state index contributed by atoms with van der Waals surface area (Å²) in [6.07, 6.45) is 3.87. The fraction of sp³-hybridized carbons (Fsp3) is 0.625. The minimum Gasteiger partial charge on any atom is -0.357 e. The molecular formula is C24H39IN6O2. The molecule has 2 heterocycles. The standard InChI is InChI=1S/C24H38N6O2.HI/c1-4-24(3)21(31)30(23(32)28-24)16-8-13-26-22(25-5-2)27-17-19-9-11-20(12-10-19)18-29-14-6-7-15-29;/h9-12H,4-8,13-18H2,1-3H3,(H,28,32)(H2,25,26,27);1H. The highest BCUT2D eigenvalue weighted by molar-refractivity contribution is 14.0. The maximum Gasteiger partial charge on any atom is 0.325 e. The molecule has 0 spiro atoms. The highest BCUT2D eigenvalue weighted by Gasteiger charge is 2.45. The van der Waals surface area contributed by atoms with Gasteiger partial charge in [0.05, 0.1) is 6.54 Å². The van der Waals surface area contributed by atoms with Crippen LogP contribution < -0.4 is 16.0 Å². The predicted octanol–water partition coefficient (Wildman–Crippen LogP) is 3.07. The summed E-state index contributed by atoms with van der Waals surface area (Å²) >= 11 is 0. The number of imide groups is 1. The molecule has 0 bridgehead atoms. The van der Waals surface area contributed by atoms with E-state index in [-0.39, 0.29) is 35.9 Å². The van der Waals surface area contributed by atoms with Crippen molar-refractivity contribution in [2.45, 2.75) is 65.1 Å². The van der Waals surface area contributed by atoms with Crippen molar-refractivity contribution < 1.29 is 9.59 Å². The second-order valence-corrected chi connectivity index (χ2v) is 8.85. The van der Waals surface area contributed by atoms with Gasteiger partial charge in [0.2, 0.25) is 0 Å². The number of halogens is 1. The average molecular weight is 571 g/mol. The number of carbonyl (C=O) groups excluding carboxylic acids is 2. The van der Waals surface area contributed by atoms with E-state index in [4.69, 9.17) is 0 Å². The molecule has 0 radical (unpaired) electrons. The maximum absolute atomic E-state index is 12.5. The van der Waals surface area contributed by atoms with Gasteiger partial charge in [0, 0.05) is 26.2 Å². The molecule has 0 aromatic heterocycles. The molecule has 3 N–H and O–H groups in total. The molecule has 0 saturated carbocycles. The van der Waals surface area contributed by atoms with E-state index in [9.17, 15) is 9.59 Å². The first-order valence-corrected chi connectivity index (χ1v) is 11.9. The largest absolute Gasteiger partial charge is 0.357 e. The van der Waals surface area contributed by atoms with Crippen LogP contribution in [0.1, 0.15) is 57.6 Å². The van der Waals surface area contributed by atoms with Crippen LogP contribution in [-0.4, -0.2) is 66.0 Å². The highest BCUT2D eigenvalue weighted by atomic mass is 127. The van der Waals surface area contributed by atoms with Crippen molar-refractivity contribution in [1.29, 1.82) is 0 Å². The van der Waals surface area contributed by atoms with E-state index in [0.29, 0.717) is 32.5 Å². The summed E-state index contributed by atoms with van der Waals surface area (Å²) in [5.41, 5.74) is 1.75. The van der Waals surface area contributed by atoms with E-state index in [1.54, 1.807) is 6.92 Å². The van der Waals surface area contributed by atoms with E-state index in [0.717, 1.165) is 19.0 Å². The minimum atomic E-state index is -0.773. The van der Waals surface area contributed by atoms with Gasteiger partial charge in [-0.15, -0.1) is 24.0 Å². The molecule has 8 nitrogen and oxygen atoms in total. The molecule has 2 saturated heterocycles. The molecule has 33 heavy (non-hydrogen) atoms. The number of benzene rings is 1. The van der Waals surface area contributed by atoms with Crippen LogP contribution in [0.25, 0.3) is 0 Å². The van der Waals surface area contributed by atoms with Crippen LogP contribution in [0.5, 0.6) is 0 Å². The fourth-order valence-corrected chi connectivity index (χ4v) is 4.09. The zero-order valence-corrected chi connectivity index (χ0v) is 22.5. The summed E-state index contributed by atoms with van der Waals surface area (Å²) in [6, 6.07) is 8.41. The summed E-state index contributed by atoms with van der Waals surface area (Å²) in [5, 5.41) is 9.34. The van der Waals surface area contributed by atoms with Crippen LogP contribution in [-0.2, 0) is 17.9 Å². The first-order valence-electron chi connectivity index (χ1n) is 11.9. The van der Waals surface area contributed by atoms with Gasteiger partial charge in [0.1, 0.15) is 5.54 Å². The summed E-state index contributed by atoms with van der Waals surface area (Å²) in [7, 11) is 0. The number of urea groups is 1. The molecule has 2 aliphatic rings. The van der Waals surface area contributed by atoms with Crippen molar-refractivity contribution in [3.8, 4) is 0 Å². The van der Waals surface area contributed by atoms with Crippen molar-refractivity contribution in [2.75, 3.05) is 32.7 Å². The molecule has 2 aliphatic heterocycles. The Labute approximate surface area is 215 Å². The predicted molar refractivity (Wildman–Crippen MR) is 143 cm³/mol. The van der Waals surface area contributed by atoms with Crippen LogP contribution in [0.4, 0.5) is 4.79 Å². The molecule has 9 heteroatoms. The lowest BCUT2D eigenvalue weighted by atomic mass is 9.99. The molecule has 0 aliphatic carbocycles. The monoisotopic (exact) mass is 570 g/mol. The molecule has 2 fully saturated rings. The van der Waals surface area contributed by atoms with Gasteiger partial charge in [0.25, 0.3) is 5.91 Å². The van der Waals surface area contributed by atoms with Crippen LogP contribution in [0.15, 0.2) is 29.3 Å². The Morgan fingerprint density at radius 3 is 2.36 bits per heavy atom. The maximum atomic E-state index is 12.5. The third-order valence-corrected chi connectivity index (χ3v) is 6.30. The summed E-state index contributed by atoms with van der Waals surface area (Å²) in [5.74, 6) is 0.600. The molecular weight excluding hydrogens is 531 g/mol. The molecule has 3 rings (SSSR count). The van der Waals surface area contributed by atoms with Crippen LogP contribution in [0.2, 0.25) is 0 Å².